The number of phenolic OH excluding ortho intramolecular Hbond substituents is 1. The quantitative estimate of drug-likeness (QED) is 0.0378. The second kappa shape index (κ2) is 31.3. The average Bonchev–Trinajstić information content (AvgIpc) is 3.96. The molecule has 1 aromatic rings. The predicted molar refractivity (Wildman–Crippen MR) is 280 cm³/mol. The molecule has 3 saturated heterocycles. The molecule has 15 N–H and O–H groups in total. The van der Waals surface area contributed by atoms with Crippen molar-refractivity contribution in [2.75, 3.05) is 19.6 Å². The van der Waals surface area contributed by atoms with Gasteiger partial charge in [0, 0.05) is 51.2 Å². The Morgan fingerprint density at radius 2 is 1.32 bits per heavy atom. The maximum absolute atomic E-state index is 14.6. The zero-order valence-electron chi connectivity index (χ0n) is 45.0. The Kier molecular flexibility index (Phi) is 26.1. The number of carbonyl (C=O) groups excluding carboxylic acids is 8. The van der Waals surface area contributed by atoms with E-state index in [1.165, 1.54) is 45.4 Å². The summed E-state index contributed by atoms with van der Waals surface area (Å²) >= 11 is 0. The van der Waals surface area contributed by atoms with Crippen molar-refractivity contribution in [3.05, 3.63) is 23.8 Å². The van der Waals surface area contributed by atoms with Gasteiger partial charge < -0.3 is 82.0 Å². The van der Waals surface area contributed by atoms with E-state index in [-0.39, 0.29) is 12.0 Å². The largest absolute Gasteiger partial charge is 0.504 e. The minimum absolute atomic E-state index is 0.0299. The summed E-state index contributed by atoms with van der Waals surface area (Å²) in [4.78, 5) is 113. The van der Waals surface area contributed by atoms with Gasteiger partial charge in [-0.2, -0.15) is 8.42 Å². The smallest absolute Gasteiger partial charge is 0.446 e. The van der Waals surface area contributed by atoms with Crippen molar-refractivity contribution in [2.45, 2.75) is 209 Å². The first-order valence-corrected chi connectivity index (χ1v) is 28.5. The van der Waals surface area contributed by atoms with Crippen LogP contribution in [0.1, 0.15) is 135 Å². The highest BCUT2D eigenvalue weighted by atomic mass is 32.3. The third-order valence-corrected chi connectivity index (χ3v) is 14.7. The van der Waals surface area contributed by atoms with Gasteiger partial charge in [-0.05, 0) is 31.0 Å². The van der Waals surface area contributed by atoms with Crippen molar-refractivity contribution < 1.29 is 91.3 Å². The third-order valence-electron chi connectivity index (χ3n) is 14.4. The summed E-state index contributed by atoms with van der Waals surface area (Å²) in [6.45, 7) is 3.11. The topological polar surface area (TPSA) is 434 Å². The average molecular weight is 1140 g/mol. The summed E-state index contributed by atoms with van der Waals surface area (Å²) in [5, 5.41) is 89.5. The molecule has 0 radical (unpaired) electrons. The number of fused-ring (bicyclic) bond motifs is 2. The molecule has 79 heavy (non-hydrogen) atoms. The number of β-amino-alcohol motifs (C(OH)–C–C–N with tert-alkyl or cyclic N) is 1. The monoisotopic (exact) mass is 1140 g/mol. The van der Waals surface area contributed by atoms with E-state index in [2.05, 4.69) is 37.7 Å². The van der Waals surface area contributed by atoms with Crippen LogP contribution in [0.3, 0.4) is 0 Å². The lowest BCUT2D eigenvalue weighted by molar-refractivity contribution is -0.147. The van der Waals surface area contributed by atoms with Gasteiger partial charge in [0.15, 0.2) is 11.5 Å². The number of amides is 8. The number of nitrogens with zero attached hydrogens (tertiary/aromatic N) is 2. The van der Waals surface area contributed by atoms with Gasteiger partial charge in [-0.25, -0.2) is 0 Å². The first-order valence-electron chi connectivity index (χ1n) is 27.2. The minimum atomic E-state index is -5.22. The van der Waals surface area contributed by atoms with Crippen LogP contribution in [-0.2, 0) is 55.2 Å². The number of nitrogens with one attached hydrogen (secondary N) is 5. The van der Waals surface area contributed by atoms with E-state index in [4.69, 9.17) is 5.73 Å². The highest BCUT2D eigenvalue weighted by molar-refractivity contribution is 7.81. The molecule has 0 saturated carbocycles. The molecule has 0 unspecified atom stereocenters. The van der Waals surface area contributed by atoms with Crippen LogP contribution in [0.25, 0.3) is 0 Å². The van der Waals surface area contributed by atoms with E-state index in [0.717, 1.165) is 67.0 Å². The van der Waals surface area contributed by atoms with Crippen LogP contribution in [-0.4, -0.2) is 198 Å². The molecular formula is C51H82N8O19S. The van der Waals surface area contributed by atoms with Crippen molar-refractivity contribution in [2.24, 2.45) is 11.7 Å². The Balaban J connectivity index is 1.69. The fourth-order valence-electron chi connectivity index (χ4n) is 10.0. The number of carbonyl (C=O) groups is 8. The summed E-state index contributed by atoms with van der Waals surface area (Å²) in [6, 6.07) is -8.70. The second-order valence-electron chi connectivity index (χ2n) is 21.1. The van der Waals surface area contributed by atoms with Gasteiger partial charge >= 0.3 is 10.4 Å². The predicted octanol–water partition coefficient (Wildman–Crippen LogP) is -2.43. The molecule has 446 valence electrons. The van der Waals surface area contributed by atoms with Crippen molar-refractivity contribution >= 4 is 57.7 Å². The number of nitrogens with two attached hydrogens (primary N) is 1. The Hall–Kier alpha value is -5.75. The Morgan fingerprint density at radius 3 is 1.90 bits per heavy atom. The van der Waals surface area contributed by atoms with Gasteiger partial charge in [0.25, 0.3) is 0 Å². The van der Waals surface area contributed by atoms with E-state index in [1.807, 2.05) is 0 Å². The van der Waals surface area contributed by atoms with Crippen molar-refractivity contribution in [3.63, 3.8) is 0 Å². The number of rotatable bonds is 24. The molecule has 4 rings (SSSR count). The molecule has 1 aromatic carbocycles. The fraction of sp³-hybridized carbons (Fsp3) is 0.725. The SMILES string of the molecule is CCCCCCCCCCCCCCCC(=O)N[C@H]1C[C@@H](O)CNC(=O)[C@@H]2[C@@H](O)[C@@H](C)CN2C(=O)[C@H]([C@H](O)CC(N)=O)NC(=O)[C@H]([C@H](O)Cc2ccc(O)c(OS(=O)(=O)O)c2)NC(=O)[C@@H]2C[C@@H](O)CN2C(=O)[C@H]([C@@H](C)O)NC1=O. The first-order chi connectivity index (χ1) is 37.2. The molecule has 3 aliphatic heterocycles. The first kappa shape index (κ1) is 65.8. The number of hydrogen-bond donors (Lipinski definition) is 14. The Morgan fingerprint density at radius 1 is 0.747 bits per heavy atom. The third kappa shape index (κ3) is 20.4. The summed E-state index contributed by atoms with van der Waals surface area (Å²) in [7, 11) is -5.22. The van der Waals surface area contributed by atoms with Crippen LogP contribution < -0.4 is 36.5 Å². The Labute approximate surface area is 459 Å². The highest BCUT2D eigenvalue weighted by Crippen LogP contribution is 2.30. The zero-order chi connectivity index (χ0) is 58.7. The van der Waals surface area contributed by atoms with E-state index in [1.54, 1.807) is 0 Å². The van der Waals surface area contributed by atoms with Crippen molar-refractivity contribution in [3.8, 4) is 11.5 Å². The van der Waals surface area contributed by atoms with Gasteiger partial charge in [-0.1, -0.05) is 97.0 Å². The summed E-state index contributed by atoms with van der Waals surface area (Å²) in [5.41, 5.74) is 5.24. The number of benzene rings is 1. The van der Waals surface area contributed by atoms with Gasteiger partial charge in [-0.15, -0.1) is 0 Å². The summed E-state index contributed by atoms with van der Waals surface area (Å²) in [5.74, 6) is -11.6. The molecule has 0 bridgehead atoms. The standard InChI is InChI=1S/C51H82N8O19S/c1-4-5-6-7-8-9-10-11-12-13-14-15-16-17-40(67)54-33-22-31(61)25-53-49(72)44-45(68)28(2)26-59(44)51(74)43(37(65)24-39(52)66)57-48(71)42(36(64)20-30-18-19-35(63)38(21-30)78-79(75,76)77)56-47(70)34-23-32(62)27-58(34)50(73)41(29(3)60)55-46(33)69/h18-19,21,28-29,31-34,36-37,41-45,60-65,68H,4-17,20,22-27H2,1-3H3,(H2,52,66)(H,53,72)(H,54,67)(H,55,69)(H,56,70)(H,57,71)(H,75,76,77)/t28-,29+,31+,32+,33-,34-,36+,37+,41-,42-,43-,44-,45-/m0/s1. The number of hydrogen-bond acceptors (Lipinski definition) is 18. The molecule has 3 fully saturated rings. The minimum Gasteiger partial charge on any atom is -0.504 e. The molecule has 8 amide bonds. The number of aliphatic hydroxyl groups is 6. The van der Waals surface area contributed by atoms with Crippen LogP contribution in [0.15, 0.2) is 18.2 Å². The molecule has 3 aliphatic rings. The molecule has 0 spiro atoms. The fourth-order valence-corrected chi connectivity index (χ4v) is 10.4. The summed E-state index contributed by atoms with van der Waals surface area (Å²) in [6.07, 6.45) is 0.0700. The maximum Gasteiger partial charge on any atom is 0.446 e. The lowest BCUT2D eigenvalue weighted by atomic mass is 9.98. The van der Waals surface area contributed by atoms with Gasteiger partial charge in [-0.3, -0.25) is 42.9 Å². The van der Waals surface area contributed by atoms with Crippen LogP contribution >= 0.6 is 0 Å². The second-order valence-corrected chi connectivity index (χ2v) is 22.1. The van der Waals surface area contributed by atoms with Crippen LogP contribution in [0, 0.1) is 5.92 Å². The molecule has 0 aromatic heterocycles. The van der Waals surface area contributed by atoms with Crippen LogP contribution in [0.5, 0.6) is 11.5 Å². The molecule has 3 heterocycles. The van der Waals surface area contributed by atoms with Gasteiger partial charge in [0.1, 0.15) is 36.3 Å². The molecular weight excluding hydrogens is 1060 g/mol. The molecule has 0 aliphatic carbocycles. The number of phenols is 1. The number of unbranched alkanes of at least 4 members (excludes halogenated alkanes) is 12. The number of aliphatic hydroxyl groups excluding tert-OH is 6. The summed E-state index contributed by atoms with van der Waals surface area (Å²) < 4.78 is 36.6. The molecule has 28 heteroatoms. The zero-order valence-corrected chi connectivity index (χ0v) is 45.9. The lowest BCUT2D eigenvalue weighted by Crippen LogP contribution is -2.64. The Bertz CT molecular complexity index is 2360. The normalized spacial score (nSPS) is 27.1. The number of primary amides is 1. The van der Waals surface area contributed by atoms with Gasteiger partial charge in [0.2, 0.25) is 47.3 Å². The van der Waals surface area contributed by atoms with Crippen LogP contribution in [0.4, 0.5) is 0 Å². The van der Waals surface area contributed by atoms with Crippen LogP contribution in [0.2, 0.25) is 0 Å². The lowest BCUT2D eigenvalue weighted by Gasteiger charge is -2.33. The van der Waals surface area contributed by atoms with Gasteiger partial charge in [0.05, 0.1) is 43.0 Å². The van der Waals surface area contributed by atoms with E-state index in [9.17, 15) is 87.1 Å². The maximum atomic E-state index is 14.6. The van der Waals surface area contributed by atoms with E-state index < -0.39 is 193 Å². The van der Waals surface area contributed by atoms with E-state index >= 15 is 0 Å². The number of aromatic hydroxyl groups is 1. The highest BCUT2D eigenvalue weighted by Gasteiger charge is 2.50. The van der Waals surface area contributed by atoms with E-state index in [0.29, 0.717) is 12.8 Å². The van der Waals surface area contributed by atoms with Crippen molar-refractivity contribution in [1.29, 1.82) is 0 Å². The van der Waals surface area contributed by atoms with Crippen molar-refractivity contribution in [1.82, 2.24) is 36.4 Å². The molecule has 27 nitrogen and oxygen atoms in total. The molecule has 13 atom stereocenters.